The number of benzene rings is 2. The molecule has 1 aliphatic heterocycles. The minimum Gasteiger partial charge on any atom is -0.480 e. The largest absolute Gasteiger partial charge is 0.480 e. The number of carbonyl (C=O) groups excluding carboxylic acids is 2. The molecule has 0 saturated heterocycles. The molecule has 2 amide bonds. The number of amides is 2. The molecule has 1 aliphatic rings. The van der Waals surface area contributed by atoms with Gasteiger partial charge < -0.3 is 15.2 Å². The van der Waals surface area contributed by atoms with Gasteiger partial charge in [0.1, 0.15) is 17.7 Å². The Balaban J connectivity index is 1.82. The smallest absolute Gasteiger partial charge is 0.411 e. The number of nitrogens with one attached hydrogen (secondary N) is 1. The predicted molar refractivity (Wildman–Crippen MR) is 120 cm³/mol. The maximum absolute atomic E-state index is 13.2. The molecule has 0 unspecified atom stereocenters. The molecule has 32 heavy (non-hydrogen) atoms. The molecule has 0 radical (unpaired) electrons. The van der Waals surface area contributed by atoms with E-state index in [-0.39, 0.29) is 19.4 Å². The van der Waals surface area contributed by atoms with E-state index in [1.165, 1.54) is 4.90 Å². The van der Waals surface area contributed by atoms with Crippen LogP contribution < -0.4 is 5.32 Å². The SMILES string of the molecule is CC(C)(C)OC(=O)N1Cc2ccccc2C[C@@H]1C(=O)N[C@H](Cc1ccc(Cl)cc1)C(=O)O. The zero-order valence-electron chi connectivity index (χ0n) is 18.3. The number of halogens is 1. The van der Waals surface area contributed by atoms with Crippen LogP contribution in [0.5, 0.6) is 0 Å². The molecule has 7 nitrogen and oxygen atoms in total. The van der Waals surface area contributed by atoms with Crippen LogP contribution in [-0.2, 0) is 33.7 Å². The molecule has 8 heteroatoms. The second kappa shape index (κ2) is 9.61. The lowest BCUT2D eigenvalue weighted by molar-refractivity contribution is -0.142. The van der Waals surface area contributed by atoms with Gasteiger partial charge in [-0.05, 0) is 49.6 Å². The fourth-order valence-corrected chi connectivity index (χ4v) is 3.72. The third kappa shape index (κ3) is 6.01. The monoisotopic (exact) mass is 458 g/mol. The van der Waals surface area contributed by atoms with Crippen LogP contribution in [0.25, 0.3) is 0 Å². The fourth-order valence-electron chi connectivity index (χ4n) is 3.59. The summed E-state index contributed by atoms with van der Waals surface area (Å²) in [7, 11) is 0. The average Bonchev–Trinajstić information content (AvgIpc) is 2.72. The highest BCUT2D eigenvalue weighted by molar-refractivity contribution is 6.30. The van der Waals surface area contributed by atoms with E-state index >= 15 is 0 Å². The molecule has 0 aromatic heterocycles. The number of carboxylic acids is 1. The van der Waals surface area contributed by atoms with Crippen molar-refractivity contribution in [2.24, 2.45) is 0 Å². The molecule has 2 aromatic rings. The van der Waals surface area contributed by atoms with Crippen molar-refractivity contribution in [3.05, 3.63) is 70.2 Å². The van der Waals surface area contributed by atoms with Gasteiger partial charge in [-0.3, -0.25) is 9.69 Å². The van der Waals surface area contributed by atoms with Gasteiger partial charge in [0.15, 0.2) is 0 Å². The first kappa shape index (κ1) is 23.6. The summed E-state index contributed by atoms with van der Waals surface area (Å²) in [4.78, 5) is 39.3. The fraction of sp³-hybridized carbons (Fsp3) is 0.375. The summed E-state index contributed by atoms with van der Waals surface area (Å²) in [5.74, 6) is -1.69. The number of carboxylic acid groups (broad SMARTS) is 1. The Hall–Kier alpha value is -3.06. The highest BCUT2D eigenvalue weighted by atomic mass is 35.5. The first-order valence-electron chi connectivity index (χ1n) is 10.4. The van der Waals surface area contributed by atoms with Gasteiger partial charge in [0.25, 0.3) is 0 Å². The van der Waals surface area contributed by atoms with E-state index in [0.717, 1.165) is 16.7 Å². The lowest BCUT2D eigenvalue weighted by Crippen LogP contribution is -2.56. The minimum atomic E-state index is -1.16. The number of hydrogen-bond donors (Lipinski definition) is 2. The van der Waals surface area contributed by atoms with Crippen LogP contribution in [0.15, 0.2) is 48.5 Å². The van der Waals surface area contributed by atoms with Crippen molar-refractivity contribution < 1.29 is 24.2 Å². The number of hydrogen-bond acceptors (Lipinski definition) is 4. The van der Waals surface area contributed by atoms with Gasteiger partial charge in [-0.25, -0.2) is 9.59 Å². The summed E-state index contributed by atoms with van der Waals surface area (Å²) in [5.41, 5.74) is 1.86. The lowest BCUT2D eigenvalue weighted by atomic mass is 9.93. The van der Waals surface area contributed by atoms with Gasteiger partial charge in [0, 0.05) is 17.9 Å². The zero-order valence-corrected chi connectivity index (χ0v) is 19.1. The first-order valence-corrected chi connectivity index (χ1v) is 10.8. The standard InChI is InChI=1S/C24H27ClN2O5/c1-24(2,3)32-23(31)27-14-17-7-5-4-6-16(17)13-20(27)21(28)26-19(22(29)30)12-15-8-10-18(25)11-9-15/h4-11,19-20H,12-14H2,1-3H3,(H,26,28)(H,29,30)/t19-,20-/m1/s1. The predicted octanol–water partition coefficient (Wildman–Crippen LogP) is 3.81. The van der Waals surface area contributed by atoms with E-state index < -0.39 is 35.7 Å². The number of ether oxygens (including phenoxy) is 1. The molecule has 0 spiro atoms. The number of aliphatic carboxylic acids is 1. The van der Waals surface area contributed by atoms with Crippen LogP contribution in [0, 0.1) is 0 Å². The van der Waals surface area contributed by atoms with Crippen LogP contribution in [0.4, 0.5) is 4.79 Å². The maximum Gasteiger partial charge on any atom is 0.411 e. The molecular weight excluding hydrogens is 432 g/mol. The van der Waals surface area contributed by atoms with Crippen LogP contribution >= 0.6 is 11.6 Å². The average molecular weight is 459 g/mol. The van der Waals surface area contributed by atoms with Crippen molar-refractivity contribution in [2.45, 2.75) is 57.8 Å². The Labute approximate surface area is 192 Å². The quantitative estimate of drug-likeness (QED) is 0.710. The normalized spacial score (nSPS) is 16.6. The lowest BCUT2D eigenvalue weighted by Gasteiger charge is -2.37. The third-order valence-electron chi connectivity index (χ3n) is 5.15. The zero-order chi connectivity index (χ0) is 23.5. The molecule has 0 aliphatic carbocycles. The Morgan fingerprint density at radius 2 is 1.75 bits per heavy atom. The second-order valence-corrected chi connectivity index (χ2v) is 9.26. The minimum absolute atomic E-state index is 0.0913. The van der Waals surface area contributed by atoms with Crippen molar-refractivity contribution in [1.29, 1.82) is 0 Å². The molecule has 0 fully saturated rings. The Kier molecular flexibility index (Phi) is 7.09. The topological polar surface area (TPSA) is 95.9 Å². The molecule has 170 valence electrons. The van der Waals surface area contributed by atoms with E-state index in [0.29, 0.717) is 5.02 Å². The molecule has 2 N–H and O–H groups in total. The Morgan fingerprint density at radius 1 is 1.12 bits per heavy atom. The molecule has 2 atom stereocenters. The summed E-state index contributed by atoms with van der Waals surface area (Å²) in [5, 5.41) is 12.8. The van der Waals surface area contributed by atoms with Crippen molar-refractivity contribution in [3.8, 4) is 0 Å². The molecular formula is C24H27ClN2O5. The third-order valence-corrected chi connectivity index (χ3v) is 5.40. The van der Waals surface area contributed by atoms with Gasteiger partial charge in [-0.15, -0.1) is 0 Å². The number of fused-ring (bicyclic) bond motifs is 1. The van der Waals surface area contributed by atoms with E-state index in [2.05, 4.69) is 5.32 Å². The number of nitrogens with zero attached hydrogens (tertiary/aromatic N) is 1. The molecule has 3 rings (SSSR count). The van der Waals surface area contributed by atoms with Gasteiger partial charge in [0.2, 0.25) is 5.91 Å². The van der Waals surface area contributed by atoms with Gasteiger partial charge in [-0.1, -0.05) is 48.0 Å². The molecule has 0 bridgehead atoms. The summed E-state index contributed by atoms with van der Waals surface area (Å²) in [6, 6.07) is 12.3. The van der Waals surface area contributed by atoms with E-state index in [1.54, 1.807) is 45.0 Å². The van der Waals surface area contributed by atoms with Crippen LogP contribution in [-0.4, -0.2) is 45.7 Å². The van der Waals surface area contributed by atoms with Crippen molar-refractivity contribution in [2.75, 3.05) is 0 Å². The van der Waals surface area contributed by atoms with Crippen LogP contribution in [0.2, 0.25) is 5.02 Å². The molecule has 1 heterocycles. The van der Waals surface area contributed by atoms with Crippen LogP contribution in [0.1, 0.15) is 37.5 Å². The summed E-state index contributed by atoms with van der Waals surface area (Å²) >= 11 is 5.89. The summed E-state index contributed by atoms with van der Waals surface area (Å²) in [6.07, 6.45) is -0.251. The second-order valence-electron chi connectivity index (χ2n) is 8.83. The van der Waals surface area contributed by atoms with E-state index in [1.807, 2.05) is 24.3 Å². The maximum atomic E-state index is 13.2. The van der Waals surface area contributed by atoms with E-state index in [9.17, 15) is 19.5 Å². The Bertz CT molecular complexity index is 1000. The van der Waals surface area contributed by atoms with Gasteiger partial charge >= 0.3 is 12.1 Å². The van der Waals surface area contributed by atoms with Crippen LogP contribution in [0.3, 0.4) is 0 Å². The molecule has 2 aromatic carbocycles. The van der Waals surface area contributed by atoms with Gasteiger partial charge in [-0.2, -0.15) is 0 Å². The Morgan fingerprint density at radius 3 is 2.34 bits per heavy atom. The van der Waals surface area contributed by atoms with Crippen molar-refractivity contribution in [1.82, 2.24) is 10.2 Å². The van der Waals surface area contributed by atoms with E-state index in [4.69, 9.17) is 16.3 Å². The number of rotatable bonds is 5. The summed E-state index contributed by atoms with van der Waals surface area (Å²) < 4.78 is 5.51. The van der Waals surface area contributed by atoms with Crippen molar-refractivity contribution >= 4 is 29.6 Å². The highest BCUT2D eigenvalue weighted by Gasteiger charge is 2.38. The van der Waals surface area contributed by atoms with Gasteiger partial charge in [0.05, 0.1) is 6.54 Å². The number of carbonyl (C=O) groups is 3. The van der Waals surface area contributed by atoms with Crippen molar-refractivity contribution in [3.63, 3.8) is 0 Å². The summed E-state index contributed by atoms with van der Waals surface area (Å²) in [6.45, 7) is 5.47. The highest BCUT2D eigenvalue weighted by Crippen LogP contribution is 2.25. The molecule has 0 saturated carbocycles. The first-order chi connectivity index (χ1) is 15.0.